The van der Waals surface area contributed by atoms with Gasteiger partial charge in [-0.25, -0.2) is 0 Å². The second kappa shape index (κ2) is 12.5. The van der Waals surface area contributed by atoms with Gasteiger partial charge in [-0.05, 0) is 69.7 Å². The van der Waals surface area contributed by atoms with Gasteiger partial charge in [-0.2, -0.15) is 4.98 Å². The van der Waals surface area contributed by atoms with Crippen molar-refractivity contribution < 1.29 is 14.1 Å². The van der Waals surface area contributed by atoms with Crippen LogP contribution in [-0.2, 0) is 17.8 Å². The largest absolute Gasteiger partial charge is 0.484 e. The van der Waals surface area contributed by atoms with Crippen molar-refractivity contribution in [3.8, 4) is 5.75 Å². The van der Waals surface area contributed by atoms with Crippen LogP contribution in [0.2, 0.25) is 0 Å². The molecule has 1 aromatic carbocycles. The lowest BCUT2D eigenvalue weighted by molar-refractivity contribution is -0.136. The number of carbonyl (C=O) groups excluding carboxylic acids is 1. The molecule has 1 aromatic heterocycles. The van der Waals surface area contributed by atoms with Gasteiger partial charge in [-0.1, -0.05) is 36.7 Å². The zero-order valence-electron chi connectivity index (χ0n) is 18.9. The summed E-state index contributed by atoms with van der Waals surface area (Å²) in [6.07, 6.45) is 8.52. The van der Waals surface area contributed by atoms with E-state index in [2.05, 4.69) is 28.8 Å². The number of aromatic nitrogens is 2. The molecule has 0 unspecified atom stereocenters. The highest BCUT2D eigenvalue weighted by molar-refractivity contribution is 5.78. The van der Waals surface area contributed by atoms with Crippen molar-refractivity contribution in [1.82, 2.24) is 15.0 Å². The number of aliphatic imine (C=N–C) groups is 1. The number of carbonyl (C=O) groups is 1. The number of ether oxygens (including phenoxy) is 1. The van der Waals surface area contributed by atoms with E-state index in [4.69, 9.17) is 9.26 Å². The molecule has 7 nitrogen and oxygen atoms in total. The average molecular weight is 425 g/mol. The average Bonchev–Trinajstić information content (AvgIpc) is 3.24. The van der Waals surface area contributed by atoms with E-state index in [1.54, 1.807) is 17.2 Å². The van der Waals surface area contributed by atoms with Gasteiger partial charge in [0.1, 0.15) is 12.3 Å². The van der Waals surface area contributed by atoms with Crippen LogP contribution in [0.5, 0.6) is 5.75 Å². The molecule has 31 heavy (non-hydrogen) atoms. The highest BCUT2D eigenvalue weighted by Crippen LogP contribution is 2.16. The molecule has 166 valence electrons. The van der Waals surface area contributed by atoms with Gasteiger partial charge in [0.2, 0.25) is 5.89 Å². The first-order valence-corrected chi connectivity index (χ1v) is 10.6. The van der Waals surface area contributed by atoms with Gasteiger partial charge in [0.05, 0.1) is 0 Å². The molecule has 0 aliphatic rings. The SMILES string of the molecule is C=N/C=C\C=C(/C)c1noc(CN(C(=O)COc2ccc(CCCC)cc2)C(C)C)n1. The molecule has 0 radical (unpaired) electrons. The number of aryl methyl sites for hydroxylation is 1. The summed E-state index contributed by atoms with van der Waals surface area (Å²) in [6.45, 7) is 11.5. The van der Waals surface area contributed by atoms with Gasteiger partial charge >= 0.3 is 0 Å². The summed E-state index contributed by atoms with van der Waals surface area (Å²) in [7, 11) is 0. The minimum absolute atomic E-state index is 0.0406. The predicted molar refractivity (Wildman–Crippen MR) is 123 cm³/mol. The highest BCUT2D eigenvalue weighted by atomic mass is 16.5. The van der Waals surface area contributed by atoms with Crippen LogP contribution in [0.25, 0.3) is 5.57 Å². The second-order valence-corrected chi connectivity index (χ2v) is 7.54. The van der Waals surface area contributed by atoms with Crippen LogP contribution in [-0.4, -0.2) is 40.3 Å². The van der Waals surface area contributed by atoms with Crippen LogP contribution in [0.15, 0.2) is 52.1 Å². The molecule has 1 amide bonds. The molecular formula is C24H32N4O3. The van der Waals surface area contributed by atoms with Crippen LogP contribution in [0.4, 0.5) is 0 Å². The molecule has 1 heterocycles. The lowest BCUT2D eigenvalue weighted by atomic mass is 10.1. The molecule has 0 atom stereocenters. The second-order valence-electron chi connectivity index (χ2n) is 7.54. The number of nitrogens with zero attached hydrogens (tertiary/aromatic N) is 4. The minimum atomic E-state index is -0.142. The quantitative estimate of drug-likeness (QED) is 0.359. The number of rotatable bonds is 12. The Bertz CT molecular complexity index is 898. The number of unbranched alkanes of at least 4 members (excludes halogenated alkanes) is 1. The smallest absolute Gasteiger partial charge is 0.261 e. The first kappa shape index (κ1) is 24.1. The summed E-state index contributed by atoms with van der Waals surface area (Å²) >= 11 is 0. The molecule has 0 N–H and O–H groups in total. The van der Waals surface area contributed by atoms with Gasteiger partial charge in [0, 0.05) is 12.2 Å². The third kappa shape index (κ3) is 7.85. The van der Waals surface area contributed by atoms with E-state index in [1.165, 1.54) is 12.0 Å². The third-order valence-corrected chi connectivity index (χ3v) is 4.71. The fourth-order valence-corrected chi connectivity index (χ4v) is 2.87. The number of hydrogen-bond acceptors (Lipinski definition) is 6. The molecule has 7 heteroatoms. The zero-order chi connectivity index (χ0) is 22.6. The van der Waals surface area contributed by atoms with E-state index in [1.807, 2.05) is 51.1 Å². The van der Waals surface area contributed by atoms with E-state index in [9.17, 15) is 4.79 Å². The lowest BCUT2D eigenvalue weighted by Gasteiger charge is -2.25. The summed E-state index contributed by atoms with van der Waals surface area (Å²) in [6, 6.07) is 7.88. The first-order valence-electron chi connectivity index (χ1n) is 10.6. The van der Waals surface area contributed by atoms with Gasteiger partial charge in [-0.15, -0.1) is 0 Å². The summed E-state index contributed by atoms with van der Waals surface area (Å²) in [5.41, 5.74) is 2.10. The maximum absolute atomic E-state index is 12.8. The van der Waals surface area contributed by atoms with E-state index in [0.717, 1.165) is 18.4 Å². The molecule has 0 aliphatic heterocycles. The van der Waals surface area contributed by atoms with Crippen molar-refractivity contribution in [3.05, 3.63) is 59.9 Å². The van der Waals surface area contributed by atoms with Crippen LogP contribution in [0, 0.1) is 0 Å². The highest BCUT2D eigenvalue weighted by Gasteiger charge is 2.21. The molecule has 0 saturated heterocycles. The van der Waals surface area contributed by atoms with Crippen molar-refractivity contribution >= 4 is 18.2 Å². The Labute approximate surface area is 184 Å². The topological polar surface area (TPSA) is 80.8 Å². The normalized spacial score (nSPS) is 11.8. The molecule has 2 aromatic rings. The van der Waals surface area contributed by atoms with E-state index in [-0.39, 0.29) is 25.1 Å². The lowest BCUT2D eigenvalue weighted by Crippen LogP contribution is -2.39. The van der Waals surface area contributed by atoms with Crippen molar-refractivity contribution in [1.29, 1.82) is 0 Å². The molecule has 0 fully saturated rings. The summed E-state index contributed by atoms with van der Waals surface area (Å²) in [5.74, 6) is 1.38. The zero-order valence-corrected chi connectivity index (χ0v) is 18.9. The Balaban J connectivity index is 1.96. The van der Waals surface area contributed by atoms with E-state index >= 15 is 0 Å². The molecule has 0 saturated carbocycles. The number of amides is 1. The van der Waals surface area contributed by atoms with Gasteiger partial charge in [0.15, 0.2) is 12.4 Å². The first-order chi connectivity index (χ1) is 14.9. The predicted octanol–water partition coefficient (Wildman–Crippen LogP) is 4.85. The van der Waals surface area contributed by atoms with Crippen molar-refractivity contribution in [2.75, 3.05) is 6.61 Å². The Kier molecular flexibility index (Phi) is 9.68. The number of benzene rings is 1. The van der Waals surface area contributed by atoms with Crippen molar-refractivity contribution in [2.45, 2.75) is 59.5 Å². The molecule has 0 bridgehead atoms. The number of hydrogen-bond donors (Lipinski definition) is 0. The molecule has 2 rings (SSSR count). The Hall–Kier alpha value is -3.22. The fraction of sp³-hybridized carbons (Fsp3) is 0.417. The van der Waals surface area contributed by atoms with Crippen molar-refractivity contribution in [3.63, 3.8) is 0 Å². The molecular weight excluding hydrogens is 392 g/mol. The van der Waals surface area contributed by atoms with Crippen molar-refractivity contribution in [2.24, 2.45) is 4.99 Å². The van der Waals surface area contributed by atoms with Crippen LogP contribution in [0.1, 0.15) is 57.8 Å². The molecule has 0 spiro atoms. The maximum Gasteiger partial charge on any atom is 0.261 e. The van der Waals surface area contributed by atoms with Gasteiger partial charge in [0.25, 0.3) is 5.91 Å². The van der Waals surface area contributed by atoms with Crippen LogP contribution in [0.3, 0.4) is 0 Å². The van der Waals surface area contributed by atoms with Gasteiger partial charge in [-0.3, -0.25) is 9.79 Å². The summed E-state index contributed by atoms with van der Waals surface area (Å²) < 4.78 is 11.0. The summed E-state index contributed by atoms with van der Waals surface area (Å²) in [4.78, 5) is 22.4. The minimum Gasteiger partial charge on any atom is -0.484 e. The fourth-order valence-electron chi connectivity index (χ4n) is 2.87. The molecule has 0 aliphatic carbocycles. The Morgan fingerprint density at radius 1 is 1.32 bits per heavy atom. The van der Waals surface area contributed by atoms with E-state index in [0.29, 0.717) is 17.5 Å². The van der Waals surface area contributed by atoms with Crippen LogP contribution >= 0.6 is 0 Å². The summed E-state index contributed by atoms with van der Waals surface area (Å²) in [5, 5.41) is 3.99. The monoisotopic (exact) mass is 424 g/mol. The van der Waals surface area contributed by atoms with Crippen LogP contribution < -0.4 is 4.74 Å². The Morgan fingerprint density at radius 3 is 2.71 bits per heavy atom. The van der Waals surface area contributed by atoms with Gasteiger partial charge < -0.3 is 14.2 Å². The number of allylic oxidation sites excluding steroid dienone is 3. The van der Waals surface area contributed by atoms with E-state index < -0.39 is 0 Å². The third-order valence-electron chi connectivity index (χ3n) is 4.71. The Morgan fingerprint density at radius 2 is 2.06 bits per heavy atom. The standard InChI is InChI=1S/C24H32N4O3/c1-6-7-10-20-11-13-21(14-12-20)30-17-23(29)28(18(2)3)16-22-26-24(27-31-22)19(4)9-8-15-25-5/h8-9,11-15,18H,5-7,10,16-17H2,1-4H3/b15-8-,19-9+. The maximum atomic E-state index is 12.8.